The molecule has 24 heavy (non-hydrogen) atoms. The van der Waals surface area contributed by atoms with Crippen molar-refractivity contribution in [2.45, 2.75) is 38.6 Å². The molecule has 3 rings (SSSR count). The second-order valence-electron chi connectivity index (χ2n) is 6.72. The molecule has 0 aromatic heterocycles. The van der Waals surface area contributed by atoms with E-state index in [4.69, 9.17) is 4.74 Å². The second-order valence-corrected chi connectivity index (χ2v) is 6.72. The highest BCUT2D eigenvalue weighted by Crippen LogP contribution is 2.22. The zero-order valence-corrected chi connectivity index (χ0v) is 14.4. The first-order chi connectivity index (χ1) is 11.7. The number of hydrogen-bond acceptors (Lipinski definition) is 3. The third-order valence-corrected chi connectivity index (χ3v) is 4.81. The molecule has 0 aliphatic carbocycles. The Balaban J connectivity index is 1.53. The Bertz CT molecular complexity index is 639. The maximum atomic E-state index is 9.50. The van der Waals surface area contributed by atoms with E-state index in [2.05, 4.69) is 36.1 Å². The Kier molecular flexibility index (Phi) is 5.76. The second kappa shape index (κ2) is 8.20. The van der Waals surface area contributed by atoms with E-state index in [0.29, 0.717) is 12.6 Å². The lowest BCUT2D eigenvalue weighted by molar-refractivity contribution is 0.122. The lowest BCUT2D eigenvalue weighted by atomic mass is 9.95. The van der Waals surface area contributed by atoms with Crippen LogP contribution in [0.4, 0.5) is 0 Å². The normalized spacial score (nSPS) is 18.5. The number of hydrogen-bond donors (Lipinski definition) is 1. The van der Waals surface area contributed by atoms with Crippen molar-refractivity contribution in [1.82, 2.24) is 4.90 Å². The minimum absolute atomic E-state index is 0.253. The Hall–Kier alpha value is -2.00. The van der Waals surface area contributed by atoms with E-state index in [1.54, 1.807) is 12.1 Å². The molecule has 0 spiro atoms. The van der Waals surface area contributed by atoms with Gasteiger partial charge >= 0.3 is 0 Å². The molecule has 2 aromatic rings. The van der Waals surface area contributed by atoms with Gasteiger partial charge in [0.1, 0.15) is 18.1 Å². The fraction of sp³-hybridized carbons (Fsp3) is 0.429. The summed E-state index contributed by atoms with van der Waals surface area (Å²) in [5.41, 5.74) is 2.74. The van der Waals surface area contributed by atoms with Gasteiger partial charge in [-0.2, -0.15) is 0 Å². The van der Waals surface area contributed by atoms with Crippen LogP contribution in [0.5, 0.6) is 11.5 Å². The number of nitrogens with zero attached hydrogens (tertiary/aromatic N) is 1. The molecule has 3 nitrogen and oxygen atoms in total. The molecule has 1 unspecified atom stereocenters. The van der Waals surface area contributed by atoms with Crippen LogP contribution in [0.1, 0.15) is 30.4 Å². The highest BCUT2D eigenvalue weighted by molar-refractivity contribution is 5.31. The Morgan fingerprint density at radius 3 is 2.75 bits per heavy atom. The van der Waals surface area contributed by atoms with Gasteiger partial charge in [0.15, 0.2) is 0 Å². The summed E-state index contributed by atoms with van der Waals surface area (Å²) in [4.78, 5) is 2.56. The van der Waals surface area contributed by atoms with Gasteiger partial charge in [0, 0.05) is 18.7 Å². The van der Waals surface area contributed by atoms with Gasteiger partial charge in [-0.3, -0.25) is 4.90 Å². The Labute approximate surface area is 144 Å². The highest BCUT2D eigenvalue weighted by atomic mass is 16.5. The van der Waals surface area contributed by atoms with Gasteiger partial charge in [0.05, 0.1) is 0 Å². The number of piperidine rings is 1. The van der Waals surface area contributed by atoms with E-state index >= 15 is 0 Å². The lowest BCUT2D eigenvalue weighted by Crippen LogP contribution is -2.43. The van der Waals surface area contributed by atoms with Crippen LogP contribution in [-0.2, 0) is 6.42 Å². The molecular weight excluding hydrogens is 298 g/mol. The molecule has 0 amide bonds. The van der Waals surface area contributed by atoms with Crippen LogP contribution in [0.15, 0.2) is 48.5 Å². The van der Waals surface area contributed by atoms with Crippen LogP contribution < -0.4 is 4.74 Å². The van der Waals surface area contributed by atoms with Crippen molar-refractivity contribution < 1.29 is 9.84 Å². The van der Waals surface area contributed by atoms with Crippen LogP contribution in [0, 0.1) is 6.92 Å². The zero-order valence-electron chi connectivity index (χ0n) is 14.4. The van der Waals surface area contributed by atoms with Crippen LogP contribution in [0.2, 0.25) is 0 Å². The predicted octanol–water partition coefficient (Wildman–Crippen LogP) is 4.18. The molecule has 0 radical (unpaired) electrons. The number of aryl methyl sites for hydroxylation is 1. The number of likely N-dealkylation sites (tertiary alicyclic amines) is 1. The molecule has 1 N–H and O–H groups in total. The van der Waals surface area contributed by atoms with E-state index in [1.165, 1.54) is 30.4 Å². The summed E-state index contributed by atoms with van der Waals surface area (Å²) >= 11 is 0. The van der Waals surface area contributed by atoms with Crippen molar-refractivity contribution in [2.24, 2.45) is 0 Å². The first kappa shape index (κ1) is 16.8. The minimum Gasteiger partial charge on any atom is -0.508 e. The zero-order chi connectivity index (χ0) is 16.8. The molecule has 0 bridgehead atoms. The van der Waals surface area contributed by atoms with Gasteiger partial charge < -0.3 is 9.84 Å². The molecule has 1 heterocycles. The van der Waals surface area contributed by atoms with Crippen molar-refractivity contribution in [1.29, 1.82) is 0 Å². The predicted molar refractivity (Wildman–Crippen MR) is 97.7 cm³/mol. The molecule has 1 aliphatic heterocycles. The molecular formula is C21H27NO2. The number of phenolic OH excluding ortho intramolecular Hbond substituents is 1. The summed E-state index contributed by atoms with van der Waals surface area (Å²) in [5, 5.41) is 9.50. The standard InChI is InChI=1S/C21H27NO2/c1-17-8-10-18(11-9-17)15-19-5-2-3-12-22(19)13-14-24-21-7-4-6-20(23)16-21/h4,6-11,16,19,23H,2-3,5,12-15H2,1H3. The number of aromatic hydroxyl groups is 1. The molecule has 1 atom stereocenters. The SMILES string of the molecule is Cc1ccc(CC2CCCCN2CCOc2cccc(O)c2)cc1. The molecule has 1 aliphatic rings. The van der Waals surface area contributed by atoms with Gasteiger partial charge in [-0.1, -0.05) is 42.3 Å². The maximum absolute atomic E-state index is 9.50. The van der Waals surface area contributed by atoms with Gasteiger partial charge in [0.25, 0.3) is 0 Å². The van der Waals surface area contributed by atoms with Gasteiger partial charge in [-0.15, -0.1) is 0 Å². The molecule has 128 valence electrons. The fourth-order valence-corrected chi connectivity index (χ4v) is 3.44. The van der Waals surface area contributed by atoms with Crippen LogP contribution in [0.25, 0.3) is 0 Å². The summed E-state index contributed by atoms with van der Waals surface area (Å²) in [6.07, 6.45) is 4.98. The third kappa shape index (κ3) is 4.75. The Morgan fingerprint density at radius 2 is 1.96 bits per heavy atom. The summed E-state index contributed by atoms with van der Waals surface area (Å²) < 4.78 is 5.80. The topological polar surface area (TPSA) is 32.7 Å². The molecule has 0 saturated carbocycles. The van der Waals surface area contributed by atoms with Crippen LogP contribution >= 0.6 is 0 Å². The van der Waals surface area contributed by atoms with Gasteiger partial charge in [-0.05, 0) is 50.4 Å². The lowest BCUT2D eigenvalue weighted by Gasteiger charge is -2.35. The van der Waals surface area contributed by atoms with Gasteiger partial charge in [0.2, 0.25) is 0 Å². The van der Waals surface area contributed by atoms with Crippen LogP contribution in [0.3, 0.4) is 0 Å². The summed E-state index contributed by atoms with van der Waals surface area (Å²) in [5.74, 6) is 0.991. The molecule has 3 heteroatoms. The fourth-order valence-electron chi connectivity index (χ4n) is 3.44. The quantitative estimate of drug-likeness (QED) is 0.865. The number of phenols is 1. The number of ether oxygens (including phenoxy) is 1. The van der Waals surface area contributed by atoms with E-state index in [-0.39, 0.29) is 5.75 Å². The van der Waals surface area contributed by atoms with E-state index in [9.17, 15) is 5.11 Å². The van der Waals surface area contributed by atoms with Crippen molar-refractivity contribution >= 4 is 0 Å². The van der Waals surface area contributed by atoms with E-state index in [0.717, 1.165) is 25.3 Å². The summed E-state index contributed by atoms with van der Waals surface area (Å²) in [7, 11) is 0. The molecule has 1 fully saturated rings. The maximum Gasteiger partial charge on any atom is 0.123 e. The van der Waals surface area contributed by atoms with E-state index in [1.807, 2.05) is 12.1 Å². The minimum atomic E-state index is 0.253. The summed E-state index contributed by atoms with van der Waals surface area (Å²) in [6, 6.07) is 16.5. The monoisotopic (exact) mass is 325 g/mol. The van der Waals surface area contributed by atoms with Crippen molar-refractivity contribution in [3.63, 3.8) is 0 Å². The largest absolute Gasteiger partial charge is 0.508 e. The van der Waals surface area contributed by atoms with Crippen molar-refractivity contribution in [3.05, 3.63) is 59.7 Å². The number of rotatable bonds is 6. The summed E-state index contributed by atoms with van der Waals surface area (Å²) in [6.45, 7) is 4.88. The smallest absolute Gasteiger partial charge is 0.123 e. The first-order valence-electron chi connectivity index (χ1n) is 8.92. The van der Waals surface area contributed by atoms with E-state index < -0.39 is 0 Å². The average Bonchev–Trinajstić information content (AvgIpc) is 2.58. The van der Waals surface area contributed by atoms with Crippen molar-refractivity contribution in [3.8, 4) is 11.5 Å². The van der Waals surface area contributed by atoms with Gasteiger partial charge in [-0.25, -0.2) is 0 Å². The number of benzene rings is 2. The third-order valence-electron chi connectivity index (χ3n) is 4.81. The average molecular weight is 325 g/mol. The Morgan fingerprint density at radius 1 is 1.12 bits per heavy atom. The van der Waals surface area contributed by atoms with Crippen LogP contribution in [-0.4, -0.2) is 35.7 Å². The molecule has 2 aromatic carbocycles. The van der Waals surface area contributed by atoms with Crippen molar-refractivity contribution in [2.75, 3.05) is 19.7 Å². The first-order valence-corrected chi connectivity index (χ1v) is 8.92. The highest BCUT2D eigenvalue weighted by Gasteiger charge is 2.22. The molecule has 1 saturated heterocycles.